The Morgan fingerprint density at radius 3 is 2.52 bits per heavy atom. The number of carbonyl (C=O) groups is 1. The van der Waals surface area contributed by atoms with E-state index in [-0.39, 0.29) is 23.9 Å². The van der Waals surface area contributed by atoms with E-state index in [0.717, 1.165) is 5.56 Å². The van der Waals surface area contributed by atoms with E-state index >= 15 is 0 Å². The van der Waals surface area contributed by atoms with Crippen LogP contribution >= 0.6 is 15.9 Å². The van der Waals surface area contributed by atoms with Crippen LogP contribution < -0.4 is 9.47 Å². The second-order valence-electron chi connectivity index (χ2n) is 6.95. The van der Waals surface area contributed by atoms with Crippen LogP contribution in [0.3, 0.4) is 0 Å². The average molecular weight is 509 g/mol. The van der Waals surface area contributed by atoms with E-state index in [9.17, 15) is 14.9 Å². The molecule has 0 fully saturated rings. The van der Waals surface area contributed by atoms with E-state index in [1.165, 1.54) is 19.2 Å². The lowest BCUT2D eigenvalue weighted by atomic mass is 10.1. The number of non-ortho nitro benzene ring substituents is 1. The Morgan fingerprint density at radius 2 is 1.85 bits per heavy atom. The number of benzene rings is 3. The van der Waals surface area contributed by atoms with Gasteiger partial charge in [-0.05, 0) is 69.5 Å². The third-order valence-corrected chi connectivity index (χ3v) is 5.32. The molecule has 0 atom stereocenters. The minimum Gasteiger partial charge on any atom is -0.493 e. The maximum Gasteiger partial charge on any atom is 0.363 e. The van der Waals surface area contributed by atoms with Crippen molar-refractivity contribution in [2.75, 3.05) is 7.11 Å². The fourth-order valence-corrected chi connectivity index (χ4v) is 3.68. The molecule has 8 nitrogen and oxygen atoms in total. The van der Waals surface area contributed by atoms with Gasteiger partial charge in [0.2, 0.25) is 5.90 Å². The molecule has 0 radical (unpaired) electrons. The lowest BCUT2D eigenvalue weighted by Crippen LogP contribution is -2.05. The lowest BCUT2D eigenvalue weighted by molar-refractivity contribution is -0.384. The molecule has 9 heteroatoms. The van der Waals surface area contributed by atoms with Crippen molar-refractivity contribution in [3.8, 4) is 11.5 Å². The number of aliphatic imine (C=N–C) groups is 1. The quantitative estimate of drug-likeness (QED) is 0.186. The van der Waals surface area contributed by atoms with Gasteiger partial charge in [0.15, 0.2) is 17.2 Å². The summed E-state index contributed by atoms with van der Waals surface area (Å²) in [6.07, 6.45) is 1.60. The molecular formula is C24H17BrN2O6. The zero-order valence-electron chi connectivity index (χ0n) is 17.4. The molecule has 33 heavy (non-hydrogen) atoms. The number of hydrogen-bond acceptors (Lipinski definition) is 7. The van der Waals surface area contributed by atoms with Gasteiger partial charge in [-0.25, -0.2) is 9.79 Å². The van der Waals surface area contributed by atoms with Crippen molar-refractivity contribution in [1.29, 1.82) is 0 Å². The number of carbonyl (C=O) groups excluding carboxylic acids is 1. The Labute approximate surface area is 197 Å². The Kier molecular flexibility index (Phi) is 6.50. The number of cyclic esters (lactones) is 1. The molecule has 0 aliphatic carbocycles. The second kappa shape index (κ2) is 9.66. The smallest absolute Gasteiger partial charge is 0.363 e. The van der Waals surface area contributed by atoms with Crippen molar-refractivity contribution in [3.05, 3.63) is 104 Å². The highest BCUT2D eigenvalue weighted by atomic mass is 79.9. The summed E-state index contributed by atoms with van der Waals surface area (Å²) in [5.41, 5.74) is 2.31. The van der Waals surface area contributed by atoms with Gasteiger partial charge in [-0.1, -0.05) is 18.2 Å². The molecule has 1 aliphatic heterocycles. The summed E-state index contributed by atoms with van der Waals surface area (Å²) >= 11 is 3.48. The molecule has 0 saturated carbocycles. The number of nitro benzene ring substituents is 1. The van der Waals surface area contributed by atoms with Gasteiger partial charge in [-0.2, -0.15) is 0 Å². The van der Waals surface area contributed by atoms with Crippen molar-refractivity contribution in [2.24, 2.45) is 4.99 Å². The van der Waals surface area contributed by atoms with E-state index in [4.69, 9.17) is 14.2 Å². The fourth-order valence-electron chi connectivity index (χ4n) is 3.10. The number of rotatable bonds is 7. The van der Waals surface area contributed by atoms with E-state index < -0.39 is 10.9 Å². The number of esters is 1. The van der Waals surface area contributed by atoms with Gasteiger partial charge >= 0.3 is 5.97 Å². The number of hydrogen-bond donors (Lipinski definition) is 0. The molecule has 0 N–H and O–H groups in total. The summed E-state index contributed by atoms with van der Waals surface area (Å²) in [6, 6.07) is 18.8. The molecule has 0 aromatic heterocycles. The largest absolute Gasteiger partial charge is 0.493 e. The Morgan fingerprint density at radius 1 is 1.12 bits per heavy atom. The normalized spacial score (nSPS) is 14.1. The van der Waals surface area contributed by atoms with Crippen molar-refractivity contribution >= 4 is 39.6 Å². The van der Waals surface area contributed by atoms with Crippen molar-refractivity contribution < 1.29 is 23.9 Å². The van der Waals surface area contributed by atoms with Crippen LogP contribution in [0.4, 0.5) is 5.69 Å². The molecule has 0 unspecified atom stereocenters. The number of ether oxygens (including phenoxy) is 3. The Bertz CT molecular complexity index is 1270. The highest BCUT2D eigenvalue weighted by Crippen LogP contribution is 2.38. The van der Waals surface area contributed by atoms with Crippen LogP contribution in [0.2, 0.25) is 0 Å². The van der Waals surface area contributed by atoms with Gasteiger partial charge in [-0.3, -0.25) is 10.1 Å². The summed E-state index contributed by atoms with van der Waals surface area (Å²) in [5.74, 6) is 0.612. The SMILES string of the molecule is COc1cc(/C=C2\N=C(c3ccccc3)OC2=O)cc(Br)c1OCc1ccc([N+](=O)[O-])cc1. The molecule has 1 aliphatic rings. The highest BCUT2D eigenvalue weighted by molar-refractivity contribution is 9.10. The van der Waals surface area contributed by atoms with Crippen LogP contribution in [-0.2, 0) is 16.1 Å². The first kappa shape index (κ1) is 22.2. The first-order valence-electron chi connectivity index (χ1n) is 9.76. The van der Waals surface area contributed by atoms with Gasteiger partial charge in [0.05, 0.1) is 16.5 Å². The summed E-state index contributed by atoms with van der Waals surface area (Å²) in [7, 11) is 1.51. The Balaban J connectivity index is 1.55. The third kappa shape index (κ3) is 5.09. The first-order chi connectivity index (χ1) is 15.9. The van der Waals surface area contributed by atoms with Crippen LogP contribution in [0, 0.1) is 10.1 Å². The number of halogens is 1. The Hall–Kier alpha value is -3.98. The average Bonchev–Trinajstić information content (AvgIpc) is 3.19. The zero-order chi connectivity index (χ0) is 23.4. The minimum atomic E-state index is -0.539. The number of nitro groups is 1. The van der Waals surface area contributed by atoms with Crippen molar-refractivity contribution in [2.45, 2.75) is 6.61 Å². The second-order valence-corrected chi connectivity index (χ2v) is 7.80. The lowest BCUT2D eigenvalue weighted by Gasteiger charge is -2.13. The van der Waals surface area contributed by atoms with E-state index in [2.05, 4.69) is 20.9 Å². The minimum absolute atomic E-state index is 0.0124. The molecule has 0 bridgehead atoms. The third-order valence-electron chi connectivity index (χ3n) is 4.73. The maximum absolute atomic E-state index is 12.3. The van der Waals surface area contributed by atoms with Gasteiger partial charge in [0.25, 0.3) is 5.69 Å². The van der Waals surface area contributed by atoms with E-state index in [1.807, 2.05) is 30.3 Å². The molecule has 1 heterocycles. The van der Waals surface area contributed by atoms with Crippen LogP contribution in [0.1, 0.15) is 16.7 Å². The van der Waals surface area contributed by atoms with Gasteiger partial charge in [0.1, 0.15) is 6.61 Å². The van der Waals surface area contributed by atoms with E-state index in [1.54, 1.807) is 30.3 Å². The molecule has 4 rings (SSSR count). The van der Waals surface area contributed by atoms with Gasteiger partial charge < -0.3 is 14.2 Å². The summed E-state index contributed by atoms with van der Waals surface area (Å²) < 4.78 is 17.2. The summed E-state index contributed by atoms with van der Waals surface area (Å²) in [6.45, 7) is 0.185. The maximum atomic E-state index is 12.3. The molecule has 166 valence electrons. The predicted octanol–water partition coefficient (Wildman–Crippen LogP) is 5.29. The fraction of sp³-hybridized carbons (Fsp3) is 0.0833. The summed E-state index contributed by atoms with van der Waals surface area (Å²) in [5, 5.41) is 10.8. The van der Waals surface area contributed by atoms with Crippen LogP contribution in [0.25, 0.3) is 6.08 Å². The summed E-state index contributed by atoms with van der Waals surface area (Å²) in [4.78, 5) is 26.9. The van der Waals surface area contributed by atoms with Crippen LogP contribution in [-0.4, -0.2) is 23.9 Å². The predicted molar refractivity (Wildman–Crippen MR) is 125 cm³/mol. The molecule has 0 amide bonds. The van der Waals surface area contributed by atoms with Crippen molar-refractivity contribution in [3.63, 3.8) is 0 Å². The highest BCUT2D eigenvalue weighted by Gasteiger charge is 2.24. The monoisotopic (exact) mass is 508 g/mol. The zero-order valence-corrected chi connectivity index (χ0v) is 18.9. The van der Waals surface area contributed by atoms with Gasteiger partial charge in [-0.15, -0.1) is 0 Å². The molecule has 0 spiro atoms. The molecular weight excluding hydrogens is 492 g/mol. The van der Waals surface area contributed by atoms with E-state index in [0.29, 0.717) is 27.1 Å². The number of methoxy groups -OCH3 is 1. The standard InChI is InChI=1S/C24H17BrN2O6/c1-31-21-13-16(12-20-24(28)33-23(26-20)17-5-3-2-4-6-17)11-19(25)22(21)32-14-15-7-9-18(10-8-15)27(29)30/h2-13H,14H2,1H3/b20-12-. The number of nitrogens with zero attached hydrogens (tertiary/aromatic N) is 2. The van der Waals surface area contributed by atoms with Crippen LogP contribution in [0.5, 0.6) is 11.5 Å². The first-order valence-corrected chi connectivity index (χ1v) is 10.6. The molecule has 0 saturated heterocycles. The molecule has 3 aromatic carbocycles. The topological polar surface area (TPSA) is 100 Å². The molecule has 3 aromatic rings. The van der Waals surface area contributed by atoms with Crippen molar-refractivity contribution in [1.82, 2.24) is 0 Å². The van der Waals surface area contributed by atoms with Crippen LogP contribution in [0.15, 0.2) is 81.9 Å². The van der Waals surface area contributed by atoms with Gasteiger partial charge in [0, 0.05) is 17.7 Å².